The summed E-state index contributed by atoms with van der Waals surface area (Å²) >= 11 is 0. The fourth-order valence-corrected chi connectivity index (χ4v) is 3.89. The van der Waals surface area contributed by atoms with Gasteiger partial charge in [0.15, 0.2) is 0 Å². The molecular formula is C17H16FNO2S. The molecule has 114 valence electrons. The van der Waals surface area contributed by atoms with E-state index in [4.69, 9.17) is 0 Å². The van der Waals surface area contributed by atoms with Crippen LogP contribution in [0.15, 0.2) is 53.6 Å². The van der Waals surface area contributed by atoms with Crippen LogP contribution in [0.1, 0.15) is 16.7 Å². The SMILES string of the molecule is Cc1ccc(S(=O)(=O)n2cc(CF)c3ccc(C)cc32)cc1. The van der Waals surface area contributed by atoms with Gasteiger partial charge in [0.2, 0.25) is 0 Å². The maximum absolute atomic E-state index is 13.2. The van der Waals surface area contributed by atoms with Gasteiger partial charge in [0.05, 0.1) is 10.4 Å². The number of aromatic nitrogens is 1. The van der Waals surface area contributed by atoms with Gasteiger partial charge in [-0.15, -0.1) is 0 Å². The number of rotatable bonds is 3. The van der Waals surface area contributed by atoms with Crippen molar-refractivity contribution in [2.75, 3.05) is 0 Å². The second-order valence-corrected chi connectivity index (χ2v) is 7.24. The van der Waals surface area contributed by atoms with Crippen LogP contribution < -0.4 is 0 Å². The standard InChI is InChI=1S/C17H16FNO2S/c1-12-3-6-15(7-4-12)22(20,21)19-11-14(10-18)16-8-5-13(2)9-17(16)19/h3-9,11H,10H2,1-2H3. The Morgan fingerprint density at radius 2 is 1.64 bits per heavy atom. The molecule has 0 spiro atoms. The van der Waals surface area contributed by atoms with Gasteiger partial charge in [-0.25, -0.2) is 16.8 Å². The molecule has 0 bridgehead atoms. The minimum atomic E-state index is -3.74. The van der Waals surface area contributed by atoms with Crippen molar-refractivity contribution in [1.29, 1.82) is 0 Å². The molecule has 3 nitrogen and oxygen atoms in total. The van der Waals surface area contributed by atoms with Crippen LogP contribution in [0.25, 0.3) is 10.9 Å². The first-order chi connectivity index (χ1) is 10.4. The van der Waals surface area contributed by atoms with Gasteiger partial charge < -0.3 is 0 Å². The molecule has 2 aromatic carbocycles. The maximum Gasteiger partial charge on any atom is 0.268 e. The van der Waals surface area contributed by atoms with Crippen LogP contribution in [0.2, 0.25) is 0 Å². The first-order valence-electron chi connectivity index (χ1n) is 6.92. The molecule has 0 amide bonds. The zero-order chi connectivity index (χ0) is 15.9. The van der Waals surface area contributed by atoms with E-state index < -0.39 is 16.7 Å². The highest BCUT2D eigenvalue weighted by atomic mass is 32.2. The average Bonchev–Trinajstić information content (AvgIpc) is 2.86. The Kier molecular flexibility index (Phi) is 3.53. The summed E-state index contributed by atoms with van der Waals surface area (Å²) in [4.78, 5) is 0.196. The van der Waals surface area contributed by atoms with Crippen molar-refractivity contribution in [2.24, 2.45) is 0 Å². The number of alkyl halides is 1. The lowest BCUT2D eigenvalue weighted by molar-refractivity contribution is 0.487. The minimum absolute atomic E-state index is 0.196. The molecule has 0 saturated carbocycles. The van der Waals surface area contributed by atoms with Crippen LogP contribution in [0.5, 0.6) is 0 Å². The van der Waals surface area contributed by atoms with Crippen LogP contribution in [-0.2, 0) is 16.7 Å². The zero-order valence-electron chi connectivity index (χ0n) is 12.4. The van der Waals surface area contributed by atoms with Gasteiger partial charge in [0.25, 0.3) is 10.0 Å². The third kappa shape index (κ3) is 2.31. The highest BCUT2D eigenvalue weighted by molar-refractivity contribution is 7.90. The molecule has 3 rings (SSSR count). The van der Waals surface area contributed by atoms with E-state index >= 15 is 0 Å². The van der Waals surface area contributed by atoms with Gasteiger partial charge >= 0.3 is 0 Å². The molecule has 5 heteroatoms. The Morgan fingerprint density at radius 3 is 2.27 bits per heavy atom. The van der Waals surface area contributed by atoms with Crippen molar-refractivity contribution >= 4 is 20.9 Å². The molecule has 0 aliphatic rings. The monoisotopic (exact) mass is 317 g/mol. The molecule has 1 heterocycles. The van der Waals surface area contributed by atoms with Crippen molar-refractivity contribution in [3.63, 3.8) is 0 Å². The van der Waals surface area contributed by atoms with Gasteiger partial charge in [-0.2, -0.15) is 0 Å². The second-order valence-electron chi connectivity index (χ2n) is 5.42. The van der Waals surface area contributed by atoms with Crippen molar-refractivity contribution in [1.82, 2.24) is 3.97 Å². The molecule has 0 unspecified atom stereocenters. The van der Waals surface area contributed by atoms with Crippen LogP contribution in [0, 0.1) is 13.8 Å². The molecule has 0 aliphatic carbocycles. The van der Waals surface area contributed by atoms with E-state index in [0.29, 0.717) is 16.5 Å². The highest BCUT2D eigenvalue weighted by Gasteiger charge is 2.21. The van der Waals surface area contributed by atoms with Crippen LogP contribution in [0.4, 0.5) is 4.39 Å². The summed E-state index contributed by atoms with van der Waals surface area (Å²) in [5.74, 6) is 0. The van der Waals surface area contributed by atoms with Crippen molar-refractivity contribution in [3.05, 3.63) is 65.4 Å². The van der Waals surface area contributed by atoms with Crippen LogP contribution >= 0.6 is 0 Å². The second kappa shape index (κ2) is 5.25. The first-order valence-corrected chi connectivity index (χ1v) is 8.36. The molecule has 3 aromatic rings. The number of halogens is 1. The average molecular weight is 317 g/mol. The maximum atomic E-state index is 13.2. The number of hydrogen-bond acceptors (Lipinski definition) is 2. The summed E-state index contributed by atoms with van der Waals surface area (Å²) in [5, 5.41) is 0.629. The Hall–Kier alpha value is -2.14. The van der Waals surface area contributed by atoms with Gasteiger partial charge in [-0.05, 0) is 37.6 Å². The summed E-state index contributed by atoms with van der Waals surface area (Å²) in [5.41, 5.74) is 2.80. The van der Waals surface area contributed by atoms with E-state index in [2.05, 4.69) is 0 Å². The van der Waals surface area contributed by atoms with Gasteiger partial charge in [0.1, 0.15) is 6.67 Å². The number of nitrogens with zero attached hydrogens (tertiary/aromatic N) is 1. The molecular weight excluding hydrogens is 301 g/mol. The summed E-state index contributed by atoms with van der Waals surface area (Å²) in [7, 11) is -3.74. The van der Waals surface area contributed by atoms with Crippen molar-refractivity contribution in [3.8, 4) is 0 Å². The Morgan fingerprint density at radius 1 is 1.00 bits per heavy atom. The number of benzene rings is 2. The lowest BCUT2D eigenvalue weighted by Crippen LogP contribution is -2.11. The summed E-state index contributed by atoms with van der Waals surface area (Å²) in [6.07, 6.45) is 1.37. The molecule has 0 atom stereocenters. The Labute approximate surface area is 129 Å². The van der Waals surface area contributed by atoms with E-state index in [1.54, 1.807) is 36.4 Å². The zero-order valence-corrected chi connectivity index (χ0v) is 13.2. The predicted molar refractivity (Wildman–Crippen MR) is 85.2 cm³/mol. The summed E-state index contributed by atoms with van der Waals surface area (Å²) in [6, 6.07) is 12.0. The summed E-state index contributed by atoms with van der Waals surface area (Å²) in [6.45, 7) is 3.08. The molecule has 0 radical (unpaired) electrons. The quantitative estimate of drug-likeness (QED) is 0.733. The molecule has 1 aromatic heterocycles. The number of fused-ring (bicyclic) bond motifs is 1. The Bertz CT molecular complexity index is 941. The third-order valence-corrected chi connectivity index (χ3v) is 5.42. The fourth-order valence-electron chi connectivity index (χ4n) is 2.51. The van der Waals surface area contributed by atoms with E-state index in [0.717, 1.165) is 11.1 Å². The van der Waals surface area contributed by atoms with Crippen LogP contribution in [0.3, 0.4) is 0 Å². The lowest BCUT2D eigenvalue weighted by atomic mass is 10.1. The molecule has 0 fully saturated rings. The van der Waals surface area contributed by atoms with Crippen molar-refractivity contribution < 1.29 is 12.8 Å². The molecule has 22 heavy (non-hydrogen) atoms. The topological polar surface area (TPSA) is 39.1 Å². The smallest absolute Gasteiger partial charge is 0.246 e. The Balaban J connectivity index is 2.29. The van der Waals surface area contributed by atoms with Gasteiger partial charge in [-0.1, -0.05) is 29.8 Å². The van der Waals surface area contributed by atoms with Crippen molar-refractivity contribution in [2.45, 2.75) is 25.4 Å². The van der Waals surface area contributed by atoms with E-state index in [1.165, 1.54) is 10.2 Å². The van der Waals surface area contributed by atoms with Gasteiger partial charge in [-0.3, -0.25) is 0 Å². The summed E-state index contributed by atoms with van der Waals surface area (Å²) < 4.78 is 40.1. The largest absolute Gasteiger partial charge is 0.268 e. The fraction of sp³-hybridized carbons (Fsp3) is 0.176. The molecule has 0 saturated heterocycles. The predicted octanol–water partition coefficient (Wildman–Crippen LogP) is 3.96. The number of hydrogen-bond donors (Lipinski definition) is 0. The lowest BCUT2D eigenvalue weighted by Gasteiger charge is -2.08. The van der Waals surface area contributed by atoms with E-state index in [1.807, 2.05) is 19.9 Å². The van der Waals surface area contributed by atoms with E-state index in [-0.39, 0.29) is 4.90 Å². The van der Waals surface area contributed by atoms with Crippen LogP contribution in [-0.4, -0.2) is 12.4 Å². The first kappa shape index (κ1) is 14.8. The minimum Gasteiger partial charge on any atom is -0.246 e. The van der Waals surface area contributed by atoms with Gasteiger partial charge in [0, 0.05) is 17.1 Å². The third-order valence-electron chi connectivity index (χ3n) is 3.73. The highest BCUT2D eigenvalue weighted by Crippen LogP contribution is 2.27. The number of aryl methyl sites for hydroxylation is 2. The normalized spacial score (nSPS) is 12.0. The molecule has 0 aliphatic heterocycles. The van der Waals surface area contributed by atoms with E-state index in [9.17, 15) is 12.8 Å². The molecule has 0 N–H and O–H groups in total.